The first-order chi connectivity index (χ1) is 13.6. The van der Waals surface area contributed by atoms with Gasteiger partial charge >= 0.3 is 0 Å². The second kappa shape index (κ2) is 7.59. The zero-order valence-electron chi connectivity index (χ0n) is 15.9. The number of amides is 1. The van der Waals surface area contributed by atoms with Crippen LogP contribution in [0.5, 0.6) is 5.88 Å². The van der Waals surface area contributed by atoms with Crippen LogP contribution in [-0.4, -0.2) is 27.3 Å². The van der Waals surface area contributed by atoms with E-state index in [1.165, 1.54) is 11.8 Å². The van der Waals surface area contributed by atoms with Crippen molar-refractivity contribution in [3.8, 4) is 17.1 Å². The SMILES string of the molecule is CCC(=O)N1c2ccccc2-c2nnc(SC)nc2O[C@@H]1c1ccccc1C. The molecule has 7 heteroatoms. The largest absolute Gasteiger partial charge is 0.447 e. The summed E-state index contributed by atoms with van der Waals surface area (Å²) in [5.74, 6) is 0.345. The van der Waals surface area contributed by atoms with Crippen molar-refractivity contribution in [3.05, 3.63) is 59.7 Å². The maximum Gasteiger partial charge on any atom is 0.247 e. The number of carbonyl (C=O) groups excluding carboxylic acids is 1. The van der Waals surface area contributed by atoms with Gasteiger partial charge in [0.1, 0.15) is 0 Å². The van der Waals surface area contributed by atoms with E-state index in [0.29, 0.717) is 23.2 Å². The Hall–Kier alpha value is -2.93. The summed E-state index contributed by atoms with van der Waals surface area (Å²) in [6.45, 7) is 3.86. The molecule has 0 fully saturated rings. The van der Waals surface area contributed by atoms with E-state index in [-0.39, 0.29) is 5.91 Å². The third-order valence-electron chi connectivity index (χ3n) is 4.72. The summed E-state index contributed by atoms with van der Waals surface area (Å²) in [5, 5.41) is 9.06. The second-order valence-corrected chi connectivity index (χ2v) is 7.19. The Labute approximate surface area is 168 Å². The molecule has 0 spiro atoms. The number of thioether (sulfide) groups is 1. The fourth-order valence-corrected chi connectivity index (χ4v) is 3.60. The molecule has 4 rings (SSSR count). The van der Waals surface area contributed by atoms with Gasteiger partial charge in [-0.1, -0.05) is 61.2 Å². The van der Waals surface area contributed by atoms with Crippen molar-refractivity contribution in [2.45, 2.75) is 31.7 Å². The molecule has 0 saturated carbocycles. The summed E-state index contributed by atoms with van der Waals surface area (Å²) >= 11 is 1.40. The lowest BCUT2D eigenvalue weighted by Gasteiger charge is -2.31. The Morgan fingerprint density at radius 3 is 2.64 bits per heavy atom. The number of benzene rings is 2. The summed E-state index contributed by atoms with van der Waals surface area (Å²) in [6, 6.07) is 15.6. The van der Waals surface area contributed by atoms with Crippen molar-refractivity contribution in [2.24, 2.45) is 0 Å². The summed E-state index contributed by atoms with van der Waals surface area (Å²) in [5.41, 5.74) is 4.02. The van der Waals surface area contributed by atoms with Gasteiger partial charge < -0.3 is 4.74 Å². The van der Waals surface area contributed by atoms with Gasteiger partial charge in [0.2, 0.25) is 23.2 Å². The molecule has 1 aromatic heterocycles. The van der Waals surface area contributed by atoms with E-state index in [1.807, 2.05) is 68.6 Å². The number of hydrogen-bond acceptors (Lipinski definition) is 6. The van der Waals surface area contributed by atoms with E-state index in [9.17, 15) is 4.79 Å². The van der Waals surface area contributed by atoms with Crippen molar-refractivity contribution < 1.29 is 9.53 Å². The number of nitrogens with zero attached hydrogens (tertiary/aromatic N) is 4. The van der Waals surface area contributed by atoms with E-state index in [0.717, 1.165) is 22.4 Å². The average Bonchev–Trinajstić information content (AvgIpc) is 2.87. The molecule has 1 amide bonds. The van der Waals surface area contributed by atoms with Crippen LogP contribution >= 0.6 is 11.8 Å². The Morgan fingerprint density at radius 1 is 1.14 bits per heavy atom. The van der Waals surface area contributed by atoms with Gasteiger partial charge in [0.05, 0.1) is 5.69 Å². The molecule has 0 saturated heterocycles. The first-order valence-corrected chi connectivity index (χ1v) is 10.3. The molecule has 6 nitrogen and oxygen atoms in total. The number of aryl methyl sites for hydroxylation is 1. The molecule has 0 unspecified atom stereocenters. The van der Waals surface area contributed by atoms with Gasteiger partial charge in [0.25, 0.3) is 0 Å². The number of hydrogen-bond donors (Lipinski definition) is 0. The number of carbonyl (C=O) groups is 1. The van der Waals surface area contributed by atoms with Crippen molar-refractivity contribution in [3.63, 3.8) is 0 Å². The predicted molar refractivity (Wildman–Crippen MR) is 109 cm³/mol. The second-order valence-electron chi connectivity index (χ2n) is 6.41. The summed E-state index contributed by atoms with van der Waals surface area (Å²) in [6.07, 6.45) is 1.60. The van der Waals surface area contributed by atoms with Gasteiger partial charge in [-0.05, 0) is 24.8 Å². The highest BCUT2D eigenvalue weighted by Crippen LogP contribution is 2.43. The fraction of sp³-hybridized carbons (Fsp3) is 0.238. The number of aromatic nitrogens is 3. The molecule has 1 aliphatic rings. The highest BCUT2D eigenvalue weighted by atomic mass is 32.2. The van der Waals surface area contributed by atoms with E-state index in [4.69, 9.17) is 4.74 Å². The van der Waals surface area contributed by atoms with Gasteiger partial charge in [-0.3, -0.25) is 9.69 Å². The number of fused-ring (bicyclic) bond motifs is 3. The van der Waals surface area contributed by atoms with E-state index in [2.05, 4.69) is 15.2 Å². The normalized spacial score (nSPS) is 15.2. The molecular weight excluding hydrogens is 372 g/mol. The van der Waals surface area contributed by atoms with Crippen LogP contribution in [0.4, 0.5) is 5.69 Å². The van der Waals surface area contributed by atoms with Crippen molar-refractivity contribution in [2.75, 3.05) is 11.2 Å². The van der Waals surface area contributed by atoms with Gasteiger partial charge in [-0.15, -0.1) is 10.2 Å². The predicted octanol–water partition coefficient (Wildman–Crippen LogP) is 4.40. The quantitative estimate of drug-likeness (QED) is 0.615. The van der Waals surface area contributed by atoms with E-state index in [1.54, 1.807) is 4.90 Å². The molecule has 1 aliphatic heterocycles. The minimum Gasteiger partial charge on any atom is -0.447 e. The van der Waals surface area contributed by atoms with Gasteiger partial charge in [0, 0.05) is 17.5 Å². The lowest BCUT2D eigenvalue weighted by molar-refractivity contribution is -0.120. The highest BCUT2D eigenvalue weighted by Gasteiger charge is 2.35. The molecule has 0 bridgehead atoms. The third-order valence-corrected chi connectivity index (χ3v) is 5.26. The summed E-state index contributed by atoms with van der Waals surface area (Å²) < 4.78 is 6.36. The molecule has 1 atom stereocenters. The zero-order valence-corrected chi connectivity index (χ0v) is 16.7. The van der Waals surface area contributed by atoms with Crippen LogP contribution in [0.2, 0.25) is 0 Å². The van der Waals surface area contributed by atoms with Crippen LogP contribution < -0.4 is 9.64 Å². The third kappa shape index (κ3) is 3.11. The maximum absolute atomic E-state index is 13.0. The molecule has 3 aromatic rings. The molecule has 28 heavy (non-hydrogen) atoms. The van der Waals surface area contributed by atoms with Crippen LogP contribution in [0.25, 0.3) is 11.3 Å². The minimum atomic E-state index is -0.637. The topological polar surface area (TPSA) is 68.2 Å². The maximum atomic E-state index is 13.0. The van der Waals surface area contributed by atoms with E-state index < -0.39 is 6.23 Å². The zero-order chi connectivity index (χ0) is 19.7. The monoisotopic (exact) mass is 392 g/mol. The lowest BCUT2D eigenvalue weighted by Crippen LogP contribution is -2.37. The standard InChI is InChI=1S/C21H20N4O2S/c1-4-17(26)25-16-12-8-7-11-15(16)18-19(22-21(28-3)24-23-18)27-20(25)14-10-6-5-9-13(14)2/h5-12,20H,4H2,1-3H3/t20-/m1/s1. The number of para-hydroxylation sites is 1. The molecular formula is C21H20N4O2S. The summed E-state index contributed by atoms with van der Waals surface area (Å²) in [4.78, 5) is 19.3. The minimum absolute atomic E-state index is 0.0356. The van der Waals surface area contributed by atoms with Crippen LogP contribution in [0, 0.1) is 6.92 Å². The van der Waals surface area contributed by atoms with Crippen molar-refractivity contribution in [1.82, 2.24) is 15.2 Å². The first-order valence-electron chi connectivity index (χ1n) is 9.06. The Kier molecular flexibility index (Phi) is 5.00. The van der Waals surface area contributed by atoms with Crippen LogP contribution in [0.15, 0.2) is 53.7 Å². The molecule has 0 N–H and O–H groups in total. The Bertz CT molecular complexity index is 1040. The fourth-order valence-electron chi connectivity index (χ4n) is 3.31. The number of ether oxygens (including phenoxy) is 1. The van der Waals surface area contributed by atoms with Gasteiger partial charge in [0.15, 0.2) is 5.69 Å². The average molecular weight is 392 g/mol. The molecule has 0 radical (unpaired) electrons. The summed E-state index contributed by atoms with van der Waals surface area (Å²) in [7, 11) is 0. The van der Waals surface area contributed by atoms with Crippen LogP contribution in [-0.2, 0) is 4.79 Å². The van der Waals surface area contributed by atoms with Crippen molar-refractivity contribution in [1.29, 1.82) is 0 Å². The van der Waals surface area contributed by atoms with Crippen LogP contribution in [0.3, 0.4) is 0 Å². The van der Waals surface area contributed by atoms with Crippen LogP contribution in [0.1, 0.15) is 30.7 Å². The molecule has 0 aliphatic carbocycles. The lowest BCUT2D eigenvalue weighted by atomic mass is 10.0. The number of anilines is 1. The Balaban J connectivity index is 2.00. The highest BCUT2D eigenvalue weighted by molar-refractivity contribution is 7.98. The Morgan fingerprint density at radius 2 is 1.89 bits per heavy atom. The van der Waals surface area contributed by atoms with Crippen molar-refractivity contribution >= 4 is 23.4 Å². The number of rotatable bonds is 3. The van der Waals surface area contributed by atoms with E-state index >= 15 is 0 Å². The van der Waals surface area contributed by atoms with Gasteiger partial charge in [-0.25, -0.2) is 0 Å². The molecule has 2 aromatic carbocycles. The molecule has 142 valence electrons. The smallest absolute Gasteiger partial charge is 0.247 e. The molecule has 2 heterocycles. The first kappa shape index (κ1) is 18.4. The van der Waals surface area contributed by atoms with Gasteiger partial charge in [-0.2, -0.15) is 4.98 Å².